The van der Waals surface area contributed by atoms with E-state index in [1.54, 1.807) is 29.2 Å². The number of carbonyl (C=O) groups is 3. The van der Waals surface area contributed by atoms with Crippen LogP contribution in [0.25, 0.3) is 0 Å². The van der Waals surface area contributed by atoms with Crippen LogP contribution in [-0.4, -0.2) is 60.8 Å². The molecule has 1 aliphatic heterocycles. The Bertz CT molecular complexity index is 1190. The van der Waals surface area contributed by atoms with Gasteiger partial charge in [0.15, 0.2) is 0 Å². The Morgan fingerprint density at radius 1 is 1.17 bits per heavy atom. The zero-order chi connectivity index (χ0) is 30.2. The summed E-state index contributed by atoms with van der Waals surface area (Å²) in [6, 6.07) is 10.2. The molecular weight excluding hydrogens is 563 g/mol. The summed E-state index contributed by atoms with van der Waals surface area (Å²) in [5.41, 5.74) is 0.110. The summed E-state index contributed by atoms with van der Waals surface area (Å²) in [7, 11) is 0. The van der Waals surface area contributed by atoms with Crippen molar-refractivity contribution in [3.63, 3.8) is 0 Å². The van der Waals surface area contributed by atoms with Crippen molar-refractivity contribution in [2.45, 2.75) is 70.1 Å². The van der Waals surface area contributed by atoms with Crippen LogP contribution in [0.2, 0.25) is 5.02 Å². The zero-order valence-corrected chi connectivity index (χ0v) is 24.0. The number of nitrogens with zero attached hydrogens (tertiary/aromatic N) is 2. The molecule has 2 aliphatic rings. The number of ether oxygens (including phenoxy) is 2. The number of halogens is 4. The molecular formula is C29H35ClF3N3O5. The maximum absolute atomic E-state index is 13.7. The van der Waals surface area contributed by atoms with E-state index in [1.807, 2.05) is 20.8 Å². The molecule has 3 amide bonds. The molecule has 0 aromatic heterocycles. The summed E-state index contributed by atoms with van der Waals surface area (Å²) < 4.78 is 50.7. The van der Waals surface area contributed by atoms with Crippen molar-refractivity contribution in [1.82, 2.24) is 10.2 Å². The lowest BCUT2D eigenvalue weighted by atomic mass is 9.91. The van der Waals surface area contributed by atoms with E-state index in [0.717, 1.165) is 11.0 Å². The molecule has 0 bridgehead atoms. The number of hydrogen-bond acceptors (Lipinski definition) is 5. The van der Waals surface area contributed by atoms with E-state index in [-0.39, 0.29) is 42.5 Å². The Hall–Kier alpha value is -3.31. The van der Waals surface area contributed by atoms with Crippen LogP contribution in [0, 0.1) is 5.82 Å². The fourth-order valence-corrected chi connectivity index (χ4v) is 4.61. The Kier molecular flexibility index (Phi) is 11.0. The fraction of sp³-hybridized carbons (Fsp3) is 0.483. The lowest BCUT2D eigenvalue weighted by molar-refractivity contribution is -0.125. The van der Waals surface area contributed by atoms with Gasteiger partial charge in [0.25, 0.3) is 0 Å². The molecule has 224 valence electrons. The highest BCUT2D eigenvalue weighted by molar-refractivity contribution is 6.31. The van der Waals surface area contributed by atoms with Gasteiger partial charge in [-0.15, -0.1) is 0 Å². The van der Waals surface area contributed by atoms with E-state index in [4.69, 9.17) is 21.1 Å². The normalized spacial score (nSPS) is 17.6. The van der Waals surface area contributed by atoms with Crippen LogP contribution in [-0.2, 0) is 19.1 Å². The lowest BCUT2D eigenvalue weighted by Gasteiger charge is -2.33. The van der Waals surface area contributed by atoms with Gasteiger partial charge in [0, 0.05) is 41.7 Å². The van der Waals surface area contributed by atoms with Gasteiger partial charge in [0.05, 0.1) is 6.61 Å². The van der Waals surface area contributed by atoms with Gasteiger partial charge in [-0.1, -0.05) is 35.9 Å². The van der Waals surface area contributed by atoms with Crippen LogP contribution in [0.3, 0.4) is 0 Å². The number of rotatable bonds is 6. The molecule has 1 unspecified atom stereocenters. The summed E-state index contributed by atoms with van der Waals surface area (Å²) in [6.45, 7) is 7.15. The van der Waals surface area contributed by atoms with Crippen molar-refractivity contribution < 1.29 is 37.0 Å². The summed E-state index contributed by atoms with van der Waals surface area (Å²) in [6.07, 6.45) is -0.215. The average molecular weight is 598 g/mol. The quantitative estimate of drug-likeness (QED) is 0.407. The average Bonchev–Trinajstić information content (AvgIpc) is 3.44. The highest BCUT2D eigenvalue weighted by atomic mass is 35.5. The van der Waals surface area contributed by atoms with Gasteiger partial charge in [0.1, 0.15) is 24.2 Å². The molecule has 41 heavy (non-hydrogen) atoms. The molecule has 0 radical (unpaired) electrons. The highest BCUT2D eigenvalue weighted by Crippen LogP contribution is 2.35. The van der Waals surface area contributed by atoms with Crippen LogP contribution < -0.4 is 10.2 Å². The molecule has 1 heterocycles. The van der Waals surface area contributed by atoms with Crippen molar-refractivity contribution in [3.05, 3.63) is 64.9 Å². The molecule has 1 N–H and O–H groups in total. The summed E-state index contributed by atoms with van der Waals surface area (Å²) >= 11 is 6.27. The topological polar surface area (TPSA) is 88.2 Å². The van der Waals surface area contributed by atoms with E-state index in [9.17, 15) is 27.6 Å². The van der Waals surface area contributed by atoms with Gasteiger partial charge in [-0.2, -0.15) is 0 Å². The van der Waals surface area contributed by atoms with E-state index in [0.29, 0.717) is 31.9 Å². The van der Waals surface area contributed by atoms with Crippen molar-refractivity contribution in [3.8, 4) is 0 Å². The summed E-state index contributed by atoms with van der Waals surface area (Å²) in [5, 5.41) is 3.01. The van der Waals surface area contributed by atoms with Crippen molar-refractivity contribution >= 4 is 35.7 Å². The van der Waals surface area contributed by atoms with Crippen LogP contribution in [0.15, 0.2) is 48.5 Å². The second-order valence-corrected chi connectivity index (χ2v) is 11.2. The minimum absolute atomic E-state index is 0.134. The van der Waals surface area contributed by atoms with E-state index >= 15 is 0 Å². The number of amides is 3. The number of nitrogens with one attached hydrogen (secondary N) is 1. The highest BCUT2D eigenvalue weighted by Gasteiger charge is 2.37. The first-order chi connectivity index (χ1) is 19.3. The molecule has 12 heteroatoms. The molecule has 0 spiro atoms. The lowest BCUT2D eigenvalue weighted by Crippen LogP contribution is -2.46. The fourth-order valence-electron chi connectivity index (χ4n) is 4.37. The first-order valence-electron chi connectivity index (χ1n) is 13.3. The van der Waals surface area contributed by atoms with Gasteiger partial charge in [-0.25, -0.2) is 18.0 Å². The Labute approximate surface area is 242 Å². The number of alkyl halides is 2. The van der Waals surface area contributed by atoms with Crippen molar-refractivity contribution in [2.24, 2.45) is 0 Å². The number of hydrogen-bond donors (Lipinski definition) is 1. The van der Waals surface area contributed by atoms with Crippen LogP contribution in [0.4, 0.5) is 23.7 Å². The van der Waals surface area contributed by atoms with Crippen LogP contribution in [0.5, 0.6) is 0 Å². The Balaban J connectivity index is 0.000000322. The van der Waals surface area contributed by atoms with E-state index in [2.05, 4.69) is 5.32 Å². The predicted molar refractivity (Wildman–Crippen MR) is 148 cm³/mol. The number of carbonyl (C=O) groups excluding carboxylic acids is 3. The third-order valence-electron chi connectivity index (χ3n) is 6.41. The Morgan fingerprint density at radius 3 is 2.41 bits per heavy atom. The summed E-state index contributed by atoms with van der Waals surface area (Å²) in [5.74, 6) is -3.85. The van der Waals surface area contributed by atoms with Gasteiger partial charge in [-0.05, 0) is 57.9 Å². The molecule has 1 saturated carbocycles. The maximum atomic E-state index is 13.7. The maximum Gasteiger partial charge on any atom is 0.412 e. The molecule has 4 rings (SSSR count). The number of anilines is 1. The zero-order valence-electron chi connectivity index (χ0n) is 23.2. The van der Waals surface area contributed by atoms with E-state index in [1.165, 1.54) is 18.2 Å². The monoisotopic (exact) mass is 597 g/mol. The SMILES string of the molecule is CC(C)(C)OC(=O)N1CCOC1.O=CN(c1cccc(F)c1)C(C(=O)NC1CCC(F)(F)CC1)c1ccccc1Cl. The molecule has 8 nitrogen and oxygen atoms in total. The van der Waals surface area contributed by atoms with Crippen molar-refractivity contribution in [2.75, 3.05) is 24.8 Å². The second-order valence-electron chi connectivity index (χ2n) is 10.8. The second kappa shape index (κ2) is 14.0. The first kappa shape index (κ1) is 32.2. The minimum atomic E-state index is -2.72. The molecule has 2 fully saturated rings. The van der Waals surface area contributed by atoms with Gasteiger partial charge < -0.3 is 14.8 Å². The predicted octanol–water partition coefficient (Wildman–Crippen LogP) is 6.09. The van der Waals surface area contributed by atoms with Crippen LogP contribution >= 0.6 is 11.6 Å². The first-order valence-corrected chi connectivity index (χ1v) is 13.6. The van der Waals surface area contributed by atoms with Crippen LogP contribution in [0.1, 0.15) is 58.1 Å². The largest absolute Gasteiger partial charge is 0.444 e. The van der Waals surface area contributed by atoms with Gasteiger partial charge in [0.2, 0.25) is 18.2 Å². The molecule has 1 atom stereocenters. The summed E-state index contributed by atoms with van der Waals surface area (Å²) in [4.78, 5) is 39.0. The third-order valence-corrected chi connectivity index (χ3v) is 6.76. The number of benzene rings is 2. The van der Waals surface area contributed by atoms with Crippen molar-refractivity contribution in [1.29, 1.82) is 0 Å². The Morgan fingerprint density at radius 2 is 1.85 bits per heavy atom. The van der Waals surface area contributed by atoms with Gasteiger partial charge >= 0.3 is 6.09 Å². The smallest absolute Gasteiger partial charge is 0.412 e. The minimum Gasteiger partial charge on any atom is -0.444 e. The third kappa shape index (κ3) is 9.64. The molecule has 1 aliphatic carbocycles. The van der Waals surface area contributed by atoms with Gasteiger partial charge in [-0.3, -0.25) is 19.4 Å². The standard InChI is InChI=1S/C21H20ClF3N2O2.C8H15NO3/c22-18-7-2-1-6-17(18)19(27(13-28)16-5-3-4-14(23)12-16)20(29)26-15-8-10-21(24,25)11-9-15;1-8(2,3)12-7(10)9-4-5-11-6-9/h1-7,12-13,15,19H,8-11H2,(H,26,29);4-6H2,1-3H3. The molecule has 2 aromatic rings. The molecule has 2 aromatic carbocycles. The molecule has 1 saturated heterocycles. The van der Waals surface area contributed by atoms with E-state index < -0.39 is 35.3 Å².